The Morgan fingerprint density at radius 1 is 1.34 bits per heavy atom. The minimum absolute atomic E-state index is 0. The molecule has 0 saturated carbocycles. The maximum atomic E-state index is 12.9. The Labute approximate surface area is 178 Å². The van der Waals surface area contributed by atoms with Crippen molar-refractivity contribution in [2.45, 2.75) is 32.5 Å². The SMILES string of the molecule is CC(C)OCCOCc1cccc(NC(=O)[C@H]2CNC[C@@H]2c2cnn(C)c2)c1.Cl. The van der Waals surface area contributed by atoms with E-state index >= 15 is 0 Å². The summed E-state index contributed by atoms with van der Waals surface area (Å²) in [6.07, 6.45) is 4.04. The Balaban J connectivity index is 0.00000300. The number of ether oxygens (including phenoxy) is 2. The van der Waals surface area contributed by atoms with Crippen LogP contribution in [-0.2, 0) is 27.9 Å². The van der Waals surface area contributed by atoms with Gasteiger partial charge >= 0.3 is 0 Å². The molecule has 0 radical (unpaired) electrons. The van der Waals surface area contributed by atoms with Crippen molar-refractivity contribution in [1.29, 1.82) is 0 Å². The molecule has 3 rings (SSSR count). The average Bonchev–Trinajstić information content (AvgIpc) is 3.30. The van der Waals surface area contributed by atoms with Gasteiger partial charge in [-0.25, -0.2) is 0 Å². The van der Waals surface area contributed by atoms with E-state index in [1.807, 2.05) is 57.6 Å². The number of anilines is 1. The molecule has 160 valence electrons. The Morgan fingerprint density at radius 2 is 2.17 bits per heavy atom. The standard InChI is InChI=1S/C21H30N4O3.ClH/c1-15(2)28-8-7-27-14-16-5-4-6-18(9-16)24-21(26)20-12-22-11-19(20)17-10-23-25(3)13-17;/h4-6,9-10,13,15,19-20,22H,7-8,11-12,14H2,1-3H3,(H,24,26);1H/t19-,20+;/m1./s1. The monoisotopic (exact) mass is 422 g/mol. The highest BCUT2D eigenvalue weighted by atomic mass is 35.5. The van der Waals surface area contributed by atoms with Crippen LogP contribution in [0.5, 0.6) is 0 Å². The van der Waals surface area contributed by atoms with Gasteiger partial charge in [-0.15, -0.1) is 12.4 Å². The van der Waals surface area contributed by atoms with Crippen LogP contribution in [0.1, 0.15) is 30.9 Å². The van der Waals surface area contributed by atoms with Gasteiger partial charge in [0.05, 0.1) is 38.0 Å². The van der Waals surface area contributed by atoms with Crippen LogP contribution in [0.3, 0.4) is 0 Å². The summed E-state index contributed by atoms with van der Waals surface area (Å²) in [5.74, 6) is 0.0562. The zero-order chi connectivity index (χ0) is 19.9. The number of hydrogen-bond acceptors (Lipinski definition) is 5. The van der Waals surface area contributed by atoms with E-state index in [-0.39, 0.29) is 36.3 Å². The summed E-state index contributed by atoms with van der Waals surface area (Å²) in [7, 11) is 1.89. The number of aryl methyl sites for hydroxylation is 1. The lowest BCUT2D eigenvalue weighted by molar-refractivity contribution is -0.119. The fraction of sp³-hybridized carbons (Fsp3) is 0.524. The summed E-state index contributed by atoms with van der Waals surface area (Å²) in [6, 6.07) is 7.80. The smallest absolute Gasteiger partial charge is 0.229 e. The zero-order valence-corrected chi connectivity index (χ0v) is 18.1. The van der Waals surface area contributed by atoms with Crippen molar-refractivity contribution in [3.05, 3.63) is 47.8 Å². The van der Waals surface area contributed by atoms with Crippen molar-refractivity contribution in [1.82, 2.24) is 15.1 Å². The molecular formula is C21H31ClN4O3. The largest absolute Gasteiger partial charge is 0.376 e. The molecule has 1 aliphatic rings. The predicted molar refractivity (Wildman–Crippen MR) is 115 cm³/mol. The van der Waals surface area contributed by atoms with Crippen molar-refractivity contribution < 1.29 is 14.3 Å². The molecule has 1 fully saturated rings. The molecule has 1 aromatic heterocycles. The molecule has 8 heteroatoms. The summed E-state index contributed by atoms with van der Waals surface area (Å²) in [4.78, 5) is 12.9. The Hall–Kier alpha value is -1.93. The molecule has 29 heavy (non-hydrogen) atoms. The summed E-state index contributed by atoms with van der Waals surface area (Å²) in [5, 5.41) is 10.6. The molecule has 0 spiro atoms. The number of nitrogens with zero attached hydrogens (tertiary/aromatic N) is 2. The second-order valence-electron chi connectivity index (χ2n) is 7.48. The van der Waals surface area contributed by atoms with Gasteiger partial charge in [-0.05, 0) is 37.1 Å². The molecule has 2 aromatic rings. The van der Waals surface area contributed by atoms with Crippen LogP contribution in [0.15, 0.2) is 36.7 Å². The van der Waals surface area contributed by atoms with Crippen molar-refractivity contribution in [3.8, 4) is 0 Å². The van der Waals surface area contributed by atoms with Crippen LogP contribution in [-0.4, -0.2) is 48.1 Å². The second-order valence-corrected chi connectivity index (χ2v) is 7.48. The molecule has 2 heterocycles. The fourth-order valence-corrected chi connectivity index (χ4v) is 3.44. The predicted octanol–water partition coefficient (Wildman–Crippen LogP) is 2.73. The van der Waals surface area contributed by atoms with Gasteiger partial charge in [-0.1, -0.05) is 12.1 Å². The first-order chi connectivity index (χ1) is 13.5. The number of amides is 1. The minimum Gasteiger partial charge on any atom is -0.376 e. The minimum atomic E-state index is -0.114. The number of carbonyl (C=O) groups excluding carboxylic acids is 1. The highest BCUT2D eigenvalue weighted by Crippen LogP contribution is 2.29. The molecule has 1 saturated heterocycles. The second kappa shape index (κ2) is 11.3. The molecule has 0 bridgehead atoms. The molecule has 1 amide bonds. The van der Waals surface area contributed by atoms with E-state index in [0.29, 0.717) is 26.4 Å². The average molecular weight is 423 g/mol. The quantitative estimate of drug-likeness (QED) is 0.607. The lowest BCUT2D eigenvalue weighted by Gasteiger charge is -2.17. The van der Waals surface area contributed by atoms with Gasteiger partial charge < -0.3 is 20.1 Å². The summed E-state index contributed by atoms with van der Waals surface area (Å²) in [6.45, 7) is 7.10. The van der Waals surface area contributed by atoms with Crippen LogP contribution < -0.4 is 10.6 Å². The van der Waals surface area contributed by atoms with E-state index < -0.39 is 0 Å². The Morgan fingerprint density at radius 3 is 2.90 bits per heavy atom. The molecule has 2 N–H and O–H groups in total. The lowest BCUT2D eigenvalue weighted by atomic mass is 9.90. The Bertz CT molecular complexity index is 781. The summed E-state index contributed by atoms with van der Waals surface area (Å²) < 4.78 is 12.9. The van der Waals surface area contributed by atoms with E-state index in [4.69, 9.17) is 9.47 Å². The third-order valence-corrected chi connectivity index (χ3v) is 4.85. The first-order valence-electron chi connectivity index (χ1n) is 9.81. The van der Waals surface area contributed by atoms with Crippen molar-refractivity contribution in [3.63, 3.8) is 0 Å². The number of halogens is 1. The van der Waals surface area contributed by atoms with E-state index in [1.54, 1.807) is 4.68 Å². The van der Waals surface area contributed by atoms with Gasteiger partial charge in [0.15, 0.2) is 0 Å². The topological polar surface area (TPSA) is 77.4 Å². The molecule has 0 aliphatic carbocycles. The van der Waals surface area contributed by atoms with Gasteiger partial charge in [0, 0.05) is 37.9 Å². The molecule has 1 aliphatic heterocycles. The van der Waals surface area contributed by atoms with Crippen molar-refractivity contribution in [2.75, 3.05) is 31.6 Å². The van der Waals surface area contributed by atoms with E-state index in [0.717, 1.165) is 23.4 Å². The van der Waals surface area contributed by atoms with Crippen molar-refractivity contribution >= 4 is 24.0 Å². The lowest BCUT2D eigenvalue weighted by Crippen LogP contribution is -2.28. The number of nitrogens with one attached hydrogen (secondary N) is 2. The molecular weight excluding hydrogens is 392 g/mol. The van der Waals surface area contributed by atoms with E-state index in [1.165, 1.54) is 0 Å². The number of hydrogen-bond donors (Lipinski definition) is 2. The third-order valence-electron chi connectivity index (χ3n) is 4.85. The normalized spacial score (nSPS) is 18.6. The molecule has 7 nitrogen and oxygen atoms in total. The van der Waals surface area contributed by atoms with Gasteiger partial charge in [-0.2, -0.15) is 5.10 Å². The van der Waals surface area contributed by atoms with Crippen LogP contribution in [0, 0.1) is 5.92 Å². The maximum absolute atomic E-state index is 12.9. The highest BCUT2D eigenvalue weighted by Gasteiger charge is 2.34. The van der Waals surface area contributed by atoms with Crippen LogP contribution in [0.4, 0.5) is 5.69 Å². The molecule has 2 atom stereocenters. The number of aromatic nitrogens is 2. The van der Waals surface area contributed by atoms with E-state index in [2.05, 4.69) is 15.7 Å². The van der Waals surface area contributed by atoms with Gasteiger partial charge in [0.25, 0.3) is 0 Å². The number of rotatable bonds is 9. The van der Waals surface area contributed by atoms with E-state index in [9.17, 15) is 4.79 Å². The van der Waals surface area contributed by atoms with Crippen LogP contribution in [0.2, 0.25) is 0 Å². The summed E-state index contributed by atoms with van der Waals surface area (Å²) in [5.41, 5.74) is 2.91. The van der Waals surface area contributed by atoms with Gasteiger partial charge in [0.2, 0.25) is 5.91 Å². The molecule has 0 unspecified atom stereocenters. The third kappa shape index (κ3) is 6.82. The Kier molecular flexibility index (Phi) is 9.10. The highest BCUT2D eigenvalue weighted by molar-refractivity contribution is 5.93. The number of benzene rings is 1. The maximum Gasteiger partial charge on any atom is 0.229 e. The number of carbonyl (C=O) groups is 1. The first-order valence-corrected chi connectivity index (χ1v) is 9.81. The first kappa shape index (κ1) is 23.3. The van der Waals surface area contributed by atoms with Gasteiger partial charge in [-0.3, -0.25) is 9.48 Å². The van der Waals surface area contributed by atoms with Crippen LogP contribution in [0.25, 0.3) is 0 Å². The fourth-order valence-electron chi connectivity index (χ4n) is 3.44. The summed E-state index contributed by atoms with van der Waals surface area (Å²) >= 11 is 0. The van der Waals surface area contributed by atoms with Gasteiger partial charge in [0.1, 0.15) is 0 Å². The molecule has 1 aromatic carbocycles. The van der Waals surface area contributed by atoms with Crippen molar-refractivity contribution in [2.24, 2.45) is 13.0 Å². The van der Waals surface area contributed by atoms with Crippen LogP contribution >= 0.6 is 12.4 Å². The zero-order valence-electron chi connectivity index (χ0n) is 17.3.